The van der Waals surface area contributed by atoms with Crippen LogP contribution in [-0.2, 0) is 29.0 Å². The molecule has 0 saturated heterocycles. The van der Waals surface area contributed by atoms with Gasteiger partial charge in [-0.2, -0.15) is 0 Å². The Balaban J connectivity index is 1.51. The maximum absolute atomic E-state index is 12.7. The summed E-state index contributed by atoms with van der Waals surface area (Å²) in [7, 11) is 1.64. The summed E-state index contributed by atoms with van der Waals surface area (Å²) in [5.74, 6) is 0.849. The van der Waals surface area contributed by atoms with Crippen molar-refractivity contribution in [3.05, 3.63) is 102 Å². The van der Waals surface area contributed by atoms with E-state index in [9.17, 15) is 9.90 Å². The highest BCUT2D eigenvalue weighted by molar-refractivity contribution is 5.79. The third-order valence-corrected chi connectivity index (χ3v) is 5.77. The third-order valence-electron chi connectivity index (χ3n) is 5.77. The predicted molar refractivity (Wildman–Crippen MR) is 131 cm³/mol. The lowest BCUT2D eigenvalue weighted by atomic mass is 9.98. The van der Waals surface area contributed by atoms with Gasteiger partial charge in [-0.05, 0) is 54.5 Å². The molecule has 0 radical (unpaired) electrons. The fourth-order valence-electron chi connectivity index (χ4n) is 3.83. The van der Waals surface area contributed by atoms with Crippen LogP contribution in [0.3, 0.4) is 0 Å². The zero-order chi connectivity index (χ0) is 23.3. The quantitative estimate of drug-likeness (QED) is 0.352. The average Bonchev–Trinajstić information content (AvgIpc) is 2.86. The van der Waals surface area contributed by atoms with Gasteiger partial charge in [-0.25, -0.2) is 0 Å². The van der Waals surface area contributed by atoms with Gasteiger partial charge in [0.15, 0.2) is 0 Å². The molecule has 3 aromatic carbocycles. The van der Waals surface area contributed by atoms with Crippen LogP contribution in [0.25, 0.3) is 0 Å². The van der Waals surface area contributed by atoms with Gasteiger partial charge in [0.1, 0.15) is 11.5 Å². The summed E-state index contributed by atoms with van der Waals surface area (Å²) >= 11 is 0. The van der Waals surface area contributed by atoms with E-state index in [1.54, 1.807) is 7.11 Å². The Morgan fingerprint density at radius 1 is 0.758 bits per heavy atom. The van der Waals surface area contributed by atoms with Crippen molar-refractivity contribution in [3.63, 3.8) is 0 Å². The highest BCUT2D eigenvalue weighted by atomic mass is 16.5. The molecule has 3 aromatic rings. The Hall–Kier alpha value is -2.95. The van der Waals surface area contributed by atoms with E-state index in [4.69, 9.17) is 9.47 Å². The molecule has 0 saturated carbocycles. The van der Waals surface area contributed by atoms with Gasteiger partial charge in [-0.1, -0.05) is 72.8 Å². The van der Waals surface area contributed by atoms with Gasteiger partial charge < -0.3 is 14.6 Å². The maximum Gasteiger partial charge on any atom is 0.138 e. The fourth-order valence-corrected chi connectivity index (χ4v) is 3.83. The van der Waals surface area contributed by atoms with Crippen LogP contribution in [0.1, 0.15) is 42.4 Å². The van der Waals surface area contributed by atoms with Crippen LogP contribution in [0.15, 0.2) is 84.9 Å². The van der Waals surface area contributed by atoms with Gasteiger partial charge >= 0.3 is 0 Å². The number of aliphatic hydroxyl groups excluding tert-OH is 1. The maximum atomic E-state index is 12.7. The molecule has 0 aliphatic carbocycles. The zero-order valence-electron chi connectivity index (χ0n) is 19.4. The second kappa shape index (κ2) is 13.6. The van der Waals surface area contributed by atoms with Crippen molar-refractivity contribution in [2.75, 3.05) is 7.11 Å². The molecule has 0 amide bonds. The Morgan fingerprint density at radius 3 is 1.91 bits per heavy atom. The molecular weight excluding hydrogens is 412 g/mol. The number of aliphatic hydroxyl groups is 1. The van der Waals surface area contributed by atoms with Crippen LogP contribution in [0.5, 0.6) is 5.75 Å². The smallest absolute Gasteiger partial charge is 0.138 e. The van der Waals surface area contributed by atoms with Crippen LogP contribution in [0.2, 0.25) is 0 Å². The molecule has 0 unspecified atom stereocenters. The van der Waals surface area contributed by atoms with Gasteiger partial charge in [0.2, 0.25) is 0 Å². The number of aryl methyl sites for hydroxylation is 2. The Labute approximate surface area is 197 Å². The number of benzene rings is 3. The van der Waals surface area contributed by atoms with Gasteiger partial charge in [0, 0.05) is 12.8 Å². The monoisotopic (exact) mass is 446 g/mol. The summed E-state index contributed by atoms with van der Waals surface area (Å²) in [5.41, 5.74) is 3.44. The minimum atomic E-state index is -0.630. The predicted octanol–water partition coefficient (Wildman–Crippen LogP) is 5.56. The summed E-state index contributed by atoms with van der Waals surface area (Å²) in [4.78, 5) is 12.7. The molecule has 0 heterocycles. The largest absolute Gasteiger partial charge is 0.497 e. The minimum Gasteiger partial charge on any atom is -0.497 e. The molecule has 4 nitrogen and oxygen atoms in total. The molecule has 0 spiro atoms. The molecule has 0 aliphatic heterocycles. The highest BCUT2D eigenvalue weighted by Crippen LogP contribution is 2.17. The van der Waals surface area contributed by atoms with Gasteiger partial charge in [0.05, 0.1) is 25.9 Å². The zero-order valence-corrected chi connectivity index (χ0v) is 19.4. The average molecular weight is 447 g/mol. The molecule has 0 aliphatic rings. The number of rotatable bonds is 14. The van der Waals surface area contributed by atoms with Gasteiger partial charge in [-0.3, -0.25) is 4.79 Å². The number of carbonyl (C=O) groups excluding carboxylic acids is 1. The fraction of sp³-hybridized carbons (Fsp3) is 0.345. The van der Waals surface area contributed by atoms with Crippen LogP contribution in [0, 0.1) is 0 Å². The molecule has 3 rings (SSSR count). The molecule has 4 heteroatoms. The molecule has 0 fully saturated rings. The van der Waals surface area contributed by atoms with Crippen molar-refractivity contribution in [3.8, 4) is 5.75 Å². The van der Waals surface area contributed by atoms with Crippen LogP contribution in [0.4, 0.5) is 0 Å². The Bertz CT molecular complexity index is 938. The number of carbonyl (C=O) groups is 1. The molecule has 2 atom stereocenters. The number of ketones is 1. The summed E-state index contributed by atoms with van der Waals surface area (Å²) in [5, 5.41) is 10.4. The first-order valence-electron chi connectivity index (χ1n) is 11.6. The van der Waals surface area contributed by atoms with Gasteiger partial charge in [-0.15, -0.1) is 0 Å². The Morgan fingerprint density at radius 2 is 1.33 bits per heavy atom. The van der Waals surface area contributed by atoms with Crippen molar-refractivity contribution in [2.24, 2.45) is 0 Å². The molecule has 0 aromatic heterocycles. The van der Waals surface area contributed by atoms with Crippen LogP contribution < -0.4 is 4.74 Å². The molecule has 1 N–H and O–H groups in total. The van der Waals surface area contributed by atoms with E-state index in [0.29, 0.717) is 19.4 Å². The number of methoxy groups -OCH3 is 1. The number of hydrogen-bond acceptors (Lipinski definition) is 4. The first kappa shape index (κ1) is 24.7. The second-order valence-electron chi connectivity index (χ2n) is 8.43. The highest BCUT2D eigenvalue weighted by Gasteiger charge is 2.18. The number of ether oxygens (including phenoxy) is 2. The first-order valence-corrected chi connectivity index (χ1v) is 11.6. The van der Waals surface area contributed by atoms with Crippen LogP contribution in [-0.4, -0.2) is 30.2 Å². The van der Waals surface area contributed by atoms with E-state index < -0.39 is 6.10 Å². The number of hydrogen-bond donors (Lipinski definition) is 1. The summed E-state index contributed by atoms with van der Waals surface area (Å²) in [6.07, 6.45) is 2.60. The lowest BCUT2D eigenvalue weighted by molar-refractivity contribution is -0.124. The van der Waals surface area contributed by atoms with Crippen molar-refractivity contribution in [2.45, 2.75) is 57.3 Å². The summed E-state index contributed by atoms with van der Waals surface area (Å²) in [6, 6.07) is 28.0. The van der Waals surface area contributed by atoms with Crippen molar-refractivity contribution >= 4 is 5.78 Å². The van der Waals surface area contributed by atoms with Gasteiger partial charge in [0.25, 0.3) is 0 Å². The van der Waals surface area contributed by atoms with E-state index >= 15 is 0 Å². The molecule has 174 valence electrons. The SMILES string of the molecule is COc1ccc(CO[C@H](CCc2ccccc2)CC(=O)C[C@@H](O)CCc2ccccc2)cc1. The first-order chi connectivity index (χ1) is 16.1. The standard InChI is InChI=1S/C29H34O4/c1-32-28-17-14-25(15-18-28)22-33-29(19-13-24-10-6-3-7-11-24)21-27(31)20-26(30)16-12-23-8-4-2-5-9-23/h2-11,14-15,17-18,26,29-30H,12-13,16,19-22H2,1H3/t26-,29+/m0/s1. The molecular formula is C29H34O4. The van der Waals surface area contributed by atoms with E-state index in [0.717, 1.165) is 30.6 Å². The third kappa shape index (κ3) is 9.21. The van der Waals surface area contributed by atoms with E-state index in [-0.39, 0.29) is 18.3 Å². The van der Waals surface area contributed by atoms with E-state index in [2.05, 4.69) is 12.1 Å². The lowest BCUT2D eigenvalue weighted by Crippen LogP contribution is -2.22. The summed E-state index contributed by atoms with van der Waals surface area (Å²) in [6.45, 7) is 0.438. The van der Waals surface area contributed by atoms with E-state index in [1.807, 2.05) is 72.8 Å². The minimum absolute atomic E-state index is 0.0448. The van der Waals surface area contributed by atoms with E-state index in [1.165, 1.54) is 11.1 Å². The van der Waals surface area contributed by atoms with Crippen molar-refractivity contribution < 1.29 is 19.4 Å². The lowest BCUT2D eigenvalue weighted by Gasteiger charge is -2.19. The van der Waals surface area contributed by atoms with Crippen LogP contribution >= 0.6 is 0 Å². The topological polar surface area (TPSA) is 55.8 Å². The number of Topliss-reactive ketones (excluding diaryl/α,β-unsaturated/α-hetero) is 1. The molecule has 0 bridgehead atoms. The van der Waals surface area contributed by atoms with Crippen molar-refractivity contribution in [1.29, 1.82) is 0 Å². The van der Waals surface area contributed by atoms with Crippen molar-refractivity contribution in [1.82, 2.24) is 0 Å². The second-order valence-corrected chi connectivity index (χ2v) is 8.43. The Kier molecular flexibility index (Phi) is 10.1. The summed E-state index contributed by atoms with van der Waals surface area (Å²) < 4.78 is 11.4. The normalized spacial score (nSPS) is 12.8. The molecule has 33 heavy (non-hydrogen) atoms.